The fourth-order valence-corrected chi connectivity index (χ4v) is 2.90. The van der Waals surface area contributed by atoms with Gasteiger partial charge in [0.25, 0.3) is 0 Å². The lowest BCUT2D eigenvalue weighted by molar-refractivity contribution is 0.355. The van der Waals surface area contributed by atoms with Crippen molar-refractivity contribution in [3.63, 3.8) is 0 Å². The largest absolute Gasteiger partial charge is 0.493 e. The second kappa shape index (κ2) is 5.56. The zero-order valence-corrected chi connectivity index (χ0v) is 12.3. The lowest BCUT2D eigenvalue weighted by Crippen LogP contribution is -2.20. The SMILES string of the molecule is COc1cc(N)c(NC2Cc3ccccc3C2)cc1OC. The standard InChI is InChI=1S/C17H20N2O2/c1-20-16-9-14(18)15(10-17(16)21-2)19-13-7-11-5-3-4-6-12(11)8-13/h3-6,9-10,13,19H,7-8,18H2,1-2H3. The number of hydrogen-bond donors (Lipinski definition) is 2. The summed E-state index contributed by atoms with van der Waals surface area (Å²) in [5, 5.41) is 3.52. The summed E-state index contributed by atoms with van der Waals surface area (Å²) in [6, 6.07) is 12.6. The maximum Gasteiger partial charge on any atom is 0.162 e. The number of fused-ring (bicyclic) bond motifs is 1. The van der Waals surface area contributed by atoms with Crippen LogP contribution in [0.3, 0.4) is 0 Å². The number of hydrogen-bond acceptors (Lipinski definition) is 4. The van der Waals surface area contributed by atoms with E-state index in [0.717, 1.165) is 18.5 Å². The zero-order valence-electron chi connectivity index (χ0n) is 12.3. The van der Waals surface area contributed by atoms with Crippen molar-refractivity contribution >= 4 is 11.4 Å². The maximum absolute atomic E-state index is 6.11. The first-order chi connectivity index (χ1) is 10.2. The van der Waals surface area contributed by atoms with Crippen LogP contribution >= 0.6 is 0 Å². The fraction of sp³-hybridized carbons (Fsp3) is 0.294. The third kappa shape index (κ3) is 2.61. The molecule has 0 fully saturated rings. The van der Waals surface area contributed by atoms with Crippen LogP contribution in [0, 0.1) is 0 Å². The van der Waals surface area contributed by atoms with Crippen LogP contribution in [0.15, 0.2) is 36.4 Å². The Morgan fingerprint density at radius 1 is 1.00 bits per heavy atom. The predicted molar refractivity (Wildman–Crippen MR) is 85.2 cm³/mol. The van der Waals surface area contributed by atoms with E-state index in [4.69, 9.17) is 15.2 Å². The summed E-state index contributed by atoms with van der Waals surface area (Å²) >= 11 is 0. The monoisotopic (exact) mass is 284 g/mol. The Morgan fingerprint density at radius 2 is 1.57 bits per heavy atom. The van der Waals surface area contributed by atoms with E-state index in [2.05, 4.69) is 29.6 Å². The zero-order chi connectivity index (χ0) is 14.8. The predicted octanol–water partition coefficient (Wildman–Crippen LogP) is 2.87. The van der Waals surface area contributed by atoms with Gasteiger partial charge in [0.05, 0.1) is 25.6 Å². The van der Waals surface area contributed by atoms with Crippen molar-refractivity contribution < 1.29 is 9.47 Å². The van der Waals surface area contributed by atoms with Gasteiger partial charge >= 0.3 is 0 Å². The van der Waals surface area contributed by atoms with Crippen molar-refractivity contribution in [3.05, 3.63) is 47.5 Å². The third-order valence-corrected chi connectivity index (χ3v) is 3.97. The molecule has 0 saturated carbocycles. The summed E-state index contributed by atoms with van der Waals surface area (Å²) < 4.78 is 10.6. The van der Waals surface area contributed by atoms with E-state index in [9.17, 15) is 0 Å². The molecule has 2 aromatic rings. The average molecular weight is 284 g/mol. The summed E-state index contributed by atoms with van der Waals surface area (Å²) in [7, 11) is 3.24. The number of ether oxygens (including phenoxy) is 2. The Bertz CT molecular complexity index is 630. The molecule has 0 spiro atoms. The molecular weight excluding hydrogens is 264 g/mol. The van der Waals surface area contributed by atoms with Crippen molar-refractivity contribution in [1.82, 2.24) is 0 Å². The maximum atomic E-state index is 6.11. The van der Waals surface area contributed by atoms with Crippen molar-refractivity contribution in [2.45, 2.75) is 18.9 Å². The van der Waals surface area contributed by atoms with Gasteiger partial charge in [-0.3, -0.25) is 0 Å². The fourth-order valence-electron chi connectivity index (χ4n) is 2.90. The summed E-state index contributed by atoms with van der Waals surface area (Å²) in [6.07, 6.45) is 2.04. The van der Waals surface area contributed by atoms with Gasteiger partial charge in [0, 0.05) is 18.2 Å². The summed E-state index contributed by atoms with van der Waals surface area (Å²) in [5.41, 5.74) is 10.5. The molecule has 0 unspecified atom stereocenters. The van der Waals surface area contributed by atoms with E-state index in [1.165, 1.54) is 11.1 Å². The summed E-state index contributed by atoms with van der Waals surface area (Å²) in [6.45, 7) is 0. The van der Waals surface area contributed by atoms with Gasteiger partial charge in [-0.05, 0) is 24.0 Å². The topological polar surface area (TPSA) is 56.5 Å². The molecular formula is C17H20N2O2. The first-order valence-electron chi connectivity index (χ1n) is 7.06. The Kier molecular flexibility index (Phi) is 3.60. The van der Waals surface area contributed by atoms with Crippen molar-refractivity contribution in [2.75, 3.05) is 25.3 Å². The van der Waals surface area contributed by atoms with Gasteiger partial charge in [-0.2, -0.15) is 0 Å². The van der Waals surface area contributed by atoms with Crippen LogP contribution in [0.25, 0.3) is 0 Å². The highest BCUT2D eigenvalue weighted by Crippen LogP contribution is 2.36. The number of nitrogen functional groups attached to an aromatic ring is 1. The minimum Gasteiger partial charge on any atom is -0.493 e. The van der Waals surface area contributed by atoms with Gasteiger partial charge in [0.15, 0.2) is 11.5 Å². The van der Waals surface area contributed by atoms with Gasteiger partial charge in [0.2, 0.25) is 0 Å². The molecule has 21 heavy (non-hydrogen) atoms. The molecule has 0 heterocycles. The number of benzene rings is 2. The van der Waals surface area contributed by atoms with E-state index in [1.54, 1.807) is 20.3 Å². The molecule has 0 bridgehead atoms. The number of methoxy groups -OCH3 is 2. The molecule has 110 valence electrons. The summed E-state index contributed by atoms with van der Waals surface area (Å²) in [4.78, 5) is 0. The number of nitrogens with two attached hydrogens (primary N) is 1. The molecule has 4 heteroatoms. The van der Waals surface area contributed by atoms with Crippen molar-refractivity contribution in [3.8, 4) is 11.5 Å². The second-order valence-electron chi connectivity index (χ2n) is 5.31. The van der Waals surface area contributed by atoms with Crippen molar-refractivity contribution in [2.24, 2.45) is 0 Å². The van der Waals surface area contributed by atoms with E-state index < -0.39 is 0 Å². The van der Waals surface area contributed by atoms with E-state index in [0.29, 0.717) is 23.2 Å². The first kappa shape index (κ1) is 13.6. The Morgan fingerprint density at radius 3 is 2.14 bits per heavy atom. The lowest BCUT2D eigenvalue weighted by Gasteiger charge is -2.18. The molecule has 0 saturated heterocycles. The van der Waals surface area contributed by atoms with Gasteiger partial charge in [-0.25, -0.2) is 0 Å². The normalized spacial score (nSPS) is 13.8. The molecule has 4 nitrogen and oxygen atoms in total. The van der Waals surface area contributed by atoms with Crippen LogP contribution < -0.4 is 20.5 Å². The molecule has 0 atom stereocenters. The van der Waals surface area contributed by atoms with E-state index >= 15 is 0 Å². The molecule has 0 aromatic heterocycles. The molecule has 3 rings (SSSR count). The molecule has 3 N–H and O–H groups in total. The van der Waals surface area contributed by atoms with Gasteiger partial charge in [-0.15, -0.1) is 0 Å². The molecule has 0 radical (unpaired) electrons. The Hall–Kier alpha value is -2.36. The Labute approximate surface area is 124 Å². The van der Waals surface area contributed by atoms with Gasteiger partial charge in [-0.1, -0.05) is 24.3 Å². The van der Waals surface area contributed by atoms with Crippen LogP contribution in [0.2, 0.25) is 0 Å². The molecule has 2 aromatic carbocycles. The minimum atomic E-state index is 0.364. The molecule has 0 amide bonds. The van der Waals surface area contributed by atoms with E-state index in [-0.39, 0.29) is 0 Å². The van der Waals surface area contributed by atoms with Gasteiger partial charge in [0.1, 0.15) is 0 Å². The highest BCUT2D eigenvalue weighted by Gasteiger charge is 2.21. The highest BCUT2D eigenvalue weighted by molar-refractivity contribution is 5.72. The number of nitrogens with one attached hydrogen (secondary N) is 1. The van der Waals surface area contributed by atoms with Crippen LogP contribution in [0.5, 0.6) is 11.5 Å². The first-order valence-corrected chi connectivity index (χ1v) is 7.06. The smallest absolute Gasteiger partial charge is 0.162 e. The lowest BCUT2D eigenvalue weighted by atomic mass is 10.1. The van der Waals surface area contributed by atoms with Crippen LogP contribution in [-0.2, 0) is 12.8 Å². The average Bonchev–Trinajstić information content (AvgIpc) is 2.91. The van der Waals surface area contributed by atoms with Crippen LogP contribution in [0.4, 0.5) is 11.4 Å². The van der Waals surface area contributed by atoms with Crippen LogP contribution in [0.1, 0.15) is 11.1 Å². The van der Waals surface area contributed by atoms with Crippen LogP contribution in [-0.4, -0.2) is 20.3 Å². The van der Waals surface area contributed by atoms with Crippen molar-refractivity contribution in [1.29, 1.82) is 0 Å². The van der Waals surface area contributed by atoms with E-state index in [1.807, 2.05) is 6.07 Å². The minimum absolute atomic E-state index is 0.364. The Balaban J connectivity index is 1.80. The number of rotatable bonds is 4. The molecule has 1 aliphatic rings. The molecule has 1 aliphatic carbocycles. The quantitative estimate of drug-likeness (QED) is 0.848. The molecule has 0 aliphatic heterocycles. The summed E-state index contributed by atoms with van der Waals surface area (Å²) in [5.74, 6) is 1.33. The second-order valence-corrected chi connectivity index (χ2v) is 5.31. The number of anilines is 2. The highest BCUT2D eigenvalue weighted by atomic mass is 16.5. The third-order valence-electron chi connectivity index (χ3n) is 3.97. The van der Waals surface area contributed by atoms with Gasteiger partial charge < -0.3 is 20.5 Å².